The minimum Gasteiger partial charge on any atom is -0.338 e. The highest BCUT2D eigenvalue weighted by Crippen LogP contribution is 2.21. The van der Waals surface area contributed by atoms with Gasteiger partial charge in [0.25, 0.3) is 0 Å². The second-order valence-electron chi connectivity index (χ2n) is 5.46. The predicted molar refractivity (Wildman–Crippen MR) is 81.9 cm³/mol. The van der Waals surface area contributed by atoms with Gasteiger partial charge in [-0.25, -0.2) is 9.78 Å². The van der Waals surface area contributed by atoms with Gasteiger partial charge in [0.15, 0.2) is 0 Å². The van der Waals surface area contributed by atoms with Crippen LogP contribution in [-0.4, -0.2) is 41.6 Å². The van der Waals surface area contributed by atoms with E-state index in [1.54, 1.807) is 11.3 Å². The number of nitrogens with zero attached hydrogens (tertiary/aromatic N) is 2. The molecule has 0 spiro atoms. The number of amides is 2. The fourth-order valence-corrected chi connectivity index (χ4v) is 3.51. The second-order valence-corrected chi connectivity index (χ2v) is 6.78. The molecule has 1 fully saturated rings. The van der Waals surface area contributed by atoms with Gasteiger partial charge >= 0.3 is 6.03 Å². The van der Waals surface area contributed by atoms with Crippen molar-refractivity contribution in [1.82, 2.24) is 20.5 Å². The van der Waals surface area contributed by atoms with Crippen LogP contribution in [0, 0.1) is 12.8 Å². The molecule has 1 aliphatic rings. The first kappa shape index (κ1) is 15.3. The average molecular weight is 296 g/mol. The van der Waals surface area contributed by atoms with Crippen LogP contribution >= 0.6 is 11.3 Å². The maximum absolute atomic E-state index is 11.6. The molecule has 0 radical (unpaired) electrons. The van der Waals surface area contributed by atoms with E-state index in [9.17, 15) is 4.79 Å². The Kier molecular flexibility index (Phi) is 5.37. The van der Waals surface area contributed by atoms with Crippen LogP contribution in [0.2, 0.25) is 0 Å². The van der Waals surface area contributed by atoms with Gasteiger partial charge in [0.1, 0.15) is 0 Å². The lowest BCUT2D eigenvalue weighted by Crippen LogP contribution is -2.52. The summed E-state index contributed by atoms with van der Waals surface area (Å²) in [4.78, 5) is 19.7. The van der Waals surface area contributed by atoms with E-state index in [1.165, 1.54) is 4.88 Å². The molecule has 0 saturated carbocycles. The number of piperidine rings is 1. The maximum atomic E-state index is 11.6. The molecular formula is C14H24N4OS. The van der Waals surface area contributed by atoms with E-state index in [2.05, 4.69) is 27.4 Å². The molecule has 1 aromatic heterocycles. The number of likely N-dealkylation sites (tertiary alicyclic amines) is 1. The quantitative estimate of drug-likeness (QED) is 0.893. The molecule has 1 aromatic rings. The van der Waals surface area contributed by atoms with Gasteiger partial charge in [-0.1, -0.05) is 6.92 Å². The monoisotopic (exact) mass is 296 g/mol. The molecule has 0 bridgehead atoms. The Balaban J connectivity index is 1.81. The van der Waals surface area contributed by atoms with Crippen molar-refractivity contribution in [2.24, 2.45) is 5.92 Å². The summed E-state index contributed by atoms with van der Waals surface area (Å²) in [6.07, 6.45) is 2.99. The molecule has 6 heteroatoms. The van der Waals surface area contributed by atoms with E-state index >= 15 is 0 Å². The van der Waals surface area contributed by atoms with E-state index in [4.69, 9.17) is 0 Å². The lowest BCUT2D eigenvalue weighted by molar-refractivity contribution is 0.143. The van der Waals surface area contributed by atoms with Gasteiger partial charge in [-0.3, -0.25) is 4.90 Å². The van der Waals surface area contributed by atoms with Crippen molar-refractivity contribution in [3.8, 4) is 0 Å². The standard InChI is InChI=1S/C14H24N4OS/c1-4-15-14(19)17-13-5-6-18(8-10(13)2)9-12-7-16-11(3)20-12/h7,10,13H,4-6,8-9H2,1-3H3,(H2,15,17,19)/t10-,13-/m1/s1. The zero-order chi connectivity index (χ0) is 14.5. The van der Waals surface area contributed by atoms with Crippen LogP contribution in [0.1, 0.15) is 30.2 Å². The number of thiazole rings is 1. The van der Waals surface area contributed by atoms with Crippen molar-refractivity contribution in [2.75, 3.05) is 19.6 Å². The number of carbonyl (C=O) groups is 1. The number of urea groups is 1. The molecule has 2 heterocycles. The first-order valence-electron chi connectivity index (χ1n) is 7.26. The van der Waals surface area contributed by atoms with Crippen LogP contribution in [0.15, 0.2) is 6.20 Å². The van der Waals surface area contributed by atoms with Gasteiger partial charge in [-0.2, -0.15) is 0 Å². The summed E-state index contributed by atoms with van der Waals surface area (Å²) in [7, 11) is 0. The number of rotatable bonds is 4. The second kappa shape index (κ2) is 7.04. The van der Waals surface area contributed by atoms with Crippen molar-refractivity contribution in [2.45, 2.75) is 39.8 Å². The third kappa shape index (κ3) is 4.18. The summed E-state index contributed by atoms with van der Waals surface area (Å²) < 4.78 is 0. The van der Waals surface area contributed by atoms with Crippen LogP contribution in [0.25, 0.3) is 0 Å². The van der Waals surface area contributed by atoms with Crippen molar-refractivity contribution in [1.29, 1.82) is 0 Å². The van der Waals surface area contributed by atoms with Gasteiger partial charge in [0.05, 0.1) is 5.01 Å². The summed E-state index contributed by atoms with van der Waals surface area (Å²) in [6.45, 7) is 9.88. The molecule has 0 aromatic carbocycles. The summed E-state index contributed by atoms with van der Waals surface area (Å²) >= 11 is 1.77. The number of carbonyl (C=O) groups excluding carboxylic acids is 1. The number of aryl methyl sites for hydroxylation is 1. The van der Waals surface area contributed by atoms with Gasteiger partial charge in [-0.15, -0.1) is 11.3 Å². The van der Waals surface area contributed by atoms with E-state index in [0.29, 0.717) is 12.5 Å². The molecule has 0 aliphatic carbocycles. The minimum absolute atomic E-state index is 0.0455. The number of nitrogens with one attached hydrogen (secondary N) is 2. The van der Waals surface area contributed by atoms with Crippen molar-refractivity contribution in [3.05, 3.63) is 16.1 Å². The van der Waals surface area contributed by atoms with E-state index in [0.717, 1.165) is 31.1 Å². The van der Waals surface area contributed by atoms with Crippen LogP contribution in [0.3, 0.4) is 0 Å². The molecule has 0 unspecified atom stereocenters. The van der Waals surface area contributed by atoms with Crippen LogP contribution < -0.4 is 10.6 Å². The molecule has 2 amide bonds. The third-order valence-electron chi connectivity index (χ3n) is 3.69. The fourth-order valence-electron chi connectivity index (χ4n) is 2.67. The number of hydrogen-bond donors (Lipinski definition) is 2. The maximum Gasteiger partial charge on any atom is 0.315 e. The smallest absolute Gasteiger partial charge is 0.315 e. The SMILES string of the molecule is CCNC(=O)N[C@@H]1CCN(Cc2cnc(C)s2)C[C@H]1C. The van der Waals surface area contributed by atoms with Gasteiger partial charge in [0.2, 0.25) is 0 Å². The van der Waals surface area contributed by atoms with Gasteiger partial charge < -0.3 is 10.6 Å². The Labute approximate surface area is 124 Å². The molecule has 1 saturated heterocycles. The van der Waals surface area contributed by atoms with E-state index in [-0.39, 0.29) is 12.1 Å². The Morgan fingerprint density at radius 2 is 2.40 bits per heavy atom. The largest absolute Gasteiger partial charge is 0.338 e. The lowest BCUT2D eigenvalue weighted by Gasteiger charge is -2.37. The zero-order valence-electron chi connectivity index (χ0n) is 12.5. The van der Waals surface area contributed by atoms with E-state index in [1.807, 2.05) is 20.0 Å². The molecular weight excluding hydrogens is 272 g/mol. The average Bonchev–Trinajstić information content (AvgIpc) is 2.78. The highest BCUT2D eigenvalue weighted by atomic mass is 32.1. The topological polar surface area (TPSA) is 57.3 Å². The number of hydrogen-bond acceptors (Lipinski definition) is 4. The predicted octanol–water partition coefficient (Wildman–Crippen LogP) is 1.98. The fraction of sp³-hybridized carbons (Fsp3) is 0.714. The van der Waals surface area contributed by atoms with Crippen molar-refractivity contribution < 1.29 is 4.79 Å². The third-order valence-corrected chi connectivity index (χ3v) is 4.59. The first-order chi connectivity index (χ1) is 9.58. The Bertz CT molecular complexity index is 448. The van der Waals surface area contributed by atoms with Crippen LogP contribution in [0.5, 0.6) is 0 Å². The molecule has 20 heavy (non-hydrogen) atoms. The summed E-state index contributed by atoms with van der Waals surface area (Å²) in [6, 6.07) is 0.233. The molecule has 2 rings (SSSR count). The van der Waals surface area contributed by atoms with Gasteiger partial charge in [0, 0.05) is 43.3 Å². The first-order valence-corrected chi connectivity index (χ1v) is 8.08. The highest BCUT2D eigenvalue weighted by molar-refractivity contribution is 7.11. The molecule has 2 N–H and O–H groups in total. The Morgan fingerprint density at radius 3 is 3.00 bits per heavy atom. The summed E-state index contributed by atoms with van der Waals surface area (Å²) in [5.74, 6) is 0.473. The molecule has 2 atom stereocenters. The molecule has 5 nitrogen and oxygen atoms in total. The zero-order valence-corrected chi connectivity index (χ0v) is 13.3. The highest BCUT2D eigenvalue weighted by Gasteiger charge is 2.27. The molecule has 112 valence electrons. The lowest BCUT2D eigenvalue weighted by atomic mass is 9.94. The van der Waals surface area contributed by atoms with Gasteiger partial charge in [-0.05, 0) is 26.2 Å². The summed E-state index contributed by atoms with van der Waals surface area (Å²) in [5, 5.41) is 6.99. The number of aromatic nitrogens is 1. The Hall–Kier alpha value is -1.14. The van der Waals surface area contributed by atoms with Crippen LogP contribution in [-0.2, 0) is 6.54 Å². The minimum atomic E-state index is -0.0455. The van der Waals surface area contributed by atoms with Crippen LogP contribution in [0.4, 0.5) is 4.79 Å². The van der Waals surface area contributed by atoms with E-state index < -0.39 is 0 Å². The summed E-state index contributed by atoms with van der Waals surface area (Å²) in [5.41, 5.74) is 0. The molecule has 1 aliphatic heterocycles. The van der Waals surface area contributed by atoms with Crippen molar-refractivity contribution >= 4 is 17.4 Å². The van der Waals surface area contributed by atoms with Crippen molar-refractivity contribution in [3.63, 3.8) is 0 Å². The normalized spacial score (nSPS) is 23.6. The Morgan fingerprint density at radius 1 is 1.60 bits per heavy atom.